The molecule has 0 unspecified atom stereocenters. The Morgan fingerprint density at radius 1 is 1.04 bits per heavy atom. The fourth-order valence-electron chi connectivity index (χ4n) is 4.38. The van der Waals surface area contributed by atoms with E-state index in [4.69, 9.17) is 45.1 Å². The minimum atomic E-state index is -4.68. The Hall–Kier alpha value is -4.12. The van der Waals surface area contributed by atoms with E-state index in [1.54, 1.807) is 48.5 Å². The fraction of sp³-hybridized carbons (Fsp3) is 0.152. The molecule has 0 saturated heterocycles. The van der Waals surface area contributed by atoms with E-state index in [9.17, 15) is 31.2 Å². The van der Waals surface area contributed by atoms with Gasteiger partial charge in [-0.1, -0.05) is 59.1 Å². The van der Waals surface area contributed by atoms with Crippen LogP contribution in [0.25, 0.3) is 22.3 Å². The summed E-state index contributed by atoms with van der Waals surface area (Å²) in [5.74, 6) is -0.156. The molecule has 4 aromatic carbocycles. The Labute approximate surface area is 308 Å². The molecule has 0 fully saturated rings. The van der Waals surface area contributed by atoms with Crippen molar-refractivity contribution in [1.29, 1.82) is 0 Å². The van der Waals surface area contributed by atoms with Crippen LogP contribution in [-0.4, -0.2) is 53.4 Å². The minimum absolute atomic E-state index is 0.0553. The van der Waals surface area contributed by atoms with Crippen LogP contribution in [0.4, 0.5) is 18.9 Å². The normalized spacial score (nSPS) is 11.8. The number of rotatable bonds is 9. The molecule has 0 aliphatic rings. The van der Waals surface area contributed by atoms with E-state index in [2.05, 4.69) is 14.8 Å². The highest BCUT2D eigenvalue weighted by Crippen LogP contribution is 2.35. The standard InChI is InChI=1S/C25H18Cl2F3N3O4S2.C8H8ClNO2/c26-18-5-7-22-19(12-18)24(34)33(31-13-15-4-6-21(27)20(11-15)25(28,29)30)23(32-22)17-3-1-2-16(10-17)14-38-8-9-39(35,36)37;1-12-8(11)6-4-5(9)2-3-7(6)10/h1-7,10-13H,8-9,14H2,(H,35,36,37);2-4H,10H2,1H3. The molecule has 0 saturated carbocycles. The molecule has 0 atom stereocenters. The molecule has 0 spiro atoms. The number of carbonyl (C=O) groups excluding carboxylic acids is 1. The number of nitrogens with zero attached hydrogens (tertiary/aromatic N) is 3. The summed E-state index contributed by atoms with van der Waals surface area (Å²) in [6.45, 7) is 0. The average Bonchev–Trinajstić information content (AvgIpc) is 3.07. The van der Waals surface area contributed by atoms with E-state index in [0.717, 1.165) is 28.6 Å². The lowest BCUT2D eigenvalue weighted by Crippen LogP contribution is -2.20. The minimum Gasteiger partial charge on any atom is -0.465 e. The van der Waals surface area contributed by atoms with Crippen molar-refractivity contribution in [1.82, 2.24) is 9.66 Å². The highest BCUT2D eigenvalue weighted by Gasteiger charge is 2.33. The summed E-state index contributed by atoms with van der Waals surface area (Å²) < 4.78 is 76.2. The molecule has 0 bridgehead atoms. The molecule has 0 aliphatic carbocycles. The predicted molar refractivity (Wildman–Crippen MR) is 196 cm³/mol. The lowest BCUT2D eigenvalue weighted by molar-refractivity contribution is -0.137. The molecule has 5 rings (SSSR count). The first-order chi connectivity index (χ1) is 24.0. The van der Waals surface area contributed by atoms with Crippen molar-refractivity contribution < 1.29 is 35.7 Å². The smallest absolute Gasteiger partial charge is 0.417 e. The summed E-state index contributed by atoms with van der Waals surface area (Å²) >= 11 is 18.7. The molecule has 268 valence electrons. The van der Waals surface area contributed by atoms with Crippen molar-refractivity contribution >= 4 is 85.5 Å². The van der Waals surface area contributed by atoms with Crippen LogP contribution in [0.15, 0.2) is 88.8 Å². The van der Waals surface area contributed by atoms with Gasteiger partial charge in [0.2, 0.25) is 0 Å². The number of esters is 1. The van der Waals surface area contributed by atoms with Gasteiger partial charge in [-0.2, -0.15) is 43.1 Å². The van der Waals surface area contributed by atoms with Gasteiger partial charge in [-0.3, -0.25) is 9.35 Å². The number of fused-ring (bicyclic) bond motifs is 1. The summed E-state index contributed by atoms with van der Waals surface area (Å²) in [5, 5.41) is 4.63. The highest BCUT2D eigenvalue weighted by atomic mass is 35.5. The monoisotopic (exact) mass is 800 g/mol. The number of methoxy groups -OCH3 is 1. The molecule has 1 aromatic heterocycles. The molecule has 0 aliphatic heterocycles. The van der Waals surface area contributed by atoms with E-state index in [0.29, 0.717) is 38.1 Å². The Balaban J connectivity index is 0.000000411. The molecular weight excluding hydrogens is 776 g/mol. The Morgan fingerprint density at radius 3 is 2.43 bits per heavy atom. The van der Waals surface area contributed by atoms with Crippen molar-refractivity contribution in [2.75, 3.05) is 24.3 Å². The maximum absolute atomic E-state index is 13.4. The summed E-state index contributed by atoms with van der Waals surface area (Å²) in [6.07, 6.45) is -3.58. The van der Waals surface area contributed by atoms with E-state index in [-0.39, 0.29) is 28.3 Å². The van der Waals surface area contributed by atoms with E-state index in [1.165, 1.54) is 37.1 Å². The summed E-state index contributed by atoms with van der Waals surface area (Å²) in [4.78, 5) is 29.0. The number of nitrogens with two attached hydrogens (primary N) is 1. The second-order valence-corrected chi connectivity index (χ2v) is 14.4. The third-order valence-corrected chi connectivity index (χ3v) is 9.60. The predicted octanol–water partition coefficient (Wildman–Crippen LogP) is 8.10. The number of ether oxygens (including phenoxy) is 1. The van der Waals surface area contributed by atoms with Crippen molar-refractivity contribution in [3.05, 3.63) is 127 Å². The summed E-state index contributed by atoms with van der Waals surface area (Å²) in [6, 6.07) is 19.4. The average molecular weight is 802 g/mol. The second-order valence-electron chi connectivity index (χ2n) is 10.5. The number of nitrogen functional groups attached to an aromatic ring is 1. The summed E-state index contributed by atoms with van der Waals surface area (Å²) in [7, 11) is -2.78. The number of halogens is 6. The zero-order valence-electron chi connectivity index (χ0n) is 26.2. The van der Waals surface area contributed by atoms with Gasteiger partial charge < -0.3 is 10.5 Å². The Kier molecular flexibility index (Phi) is 13.2. The van der Waals surface area contributed by atoms with Crippen LogP contribution < -0.4 is 11.3 Å². The molecule has 0 radical (unpaired) electrons. The van der Waals surface area contributed by atoms with Crippen LogP contribution in [0.3, 0.4) is 0 Å². The molecule has 10 nitrogen and oxygen atoms in total. The van der Waals surface area contributed by atoms with Crippen LogP contribution in [0.2, 0.25) is 15.1 Å². The highest BCUT2D eigenvalue weighted by molar-refractivity contribution is 7.99. The van der Waals surface area contributed by atoms with Crippen molar-refractivity contribution in [3.8, 4) is 11.4 Å². The van der Waals surface area contributed by atoms with Gasteiger partial charge in [-0.15, -0.1) is 0 Å². The number of hydrogen-bond acceptors (Lipinski definition) is 9. The molecule has 18 heteroatoms. The number of carbonyl (C=O) groups is 1. The van der Waals surface area contributed by atoms with E-state index in [1.807, 2.05) is 0 Å². The van der Waals surface area contributed by atoms with Crippen molar-refractivity contribution in [3.63, 3.8) is 0 Å². The van der Waals surface area contributed by atoms with E-state index >= 15 is 0 Å². The third kappa shape index (κ3) is 10.9. The number of alkyl halides is 3. The third-order valence-electron chi connectivity index (χ3n) is 6.79. The molecule has 0 amide bonds. The first kappa shape index (κ1) is 39.7. The summed E-state index contributed by atoms with van der Waals surface area (Å²) in [5.41, 5.74) is 6.20. The quantitative estimate of drug-likeness (QED) is 0.0495. The number of benzene rings is 4. The van der Waals surface area contributed by atoms with Gasteiger partial charge in [-0.25, -0.2) is 9.78 Å². The van der Waals surface area contributed by atoms with E-state index < -0.39 is 38.4 Å². The topological polar surface area (TPSA) is 154 Å². The molecule has 3 N–H and O–H groups in total. The van der Waals surface area contributed by atoms with Gasteiger partial charge in [0.15, 0.2) is 5.82 Å². The molecule has 51 heavy (non-hydrogen) atoms. The van der Waals surface area contributed by atoms with Crippen LogP contribution in [0, 0.1) is 0 Å². The lowest BCUT2D eigenvalue weighted by Gasteiger charge is -2.12. The van der Waals surface area contributed by atoms with Crippen LogP contribution in [0.5, 0.6) is 0 Å². The number of hydrogen-bond donors (Lipinski definition) is 2. The molecule has 5 aromatic rings. The van der Waals surface area contributed by atoms with Gasteiger partial charge in [0.1, 0.15) is 0 Å². The van der Waals surface area contributed by atoms with Gasteiger partial charge >= 0.3 is 12.1 Å². The first-order valence-corrected chi connectivity index (χ1v) is 18.3. The lowest BCUT2D eigenvalue weighted by atomic mass is 10.1. The first-order valence-electron chi connectivity index (χ1n) is 14.4. The van der Waals surface area contributed by atoms with Gasteiger partial charge in [0.25, 0.3) is 15.7 Å². The van der Waals surface area contributed by atoms with Gasteiger partial charge in [-0.05, 0) is 65.7 Å². The molecule has 1 heterocycles. The number of thioether (sulfide) groups is 1. The zero-order chi connectivity index (χ0) is 37.5. The van der Waals surface area contributed by atoms with Crippen LogP contribution in [0.1, 0.15) is 27.0 Å². The number of anilines is 1. The SMILES string of the molecule is COC(=O)c1cc(Cl)ccc1N.O=c1c2cc(Cl)ccc2nc(-c2cccc(CSCCS(=O)(=O)O)c2)n1N=Cc1ccc(Cl)c(C(F)(F)F)c1. The maximum Gasteiger partial charge on any atom is 0.417 e. The Morgan fingerprint density at radius 2 is 1.75 bits per heavy atom. The van der Waals surface area contributed by atoms with Crippen molar-refractivity contribution in [2.24, 2.45) is 5.10 Å². The van der Waals surface area contributed by atoms with Gasteiger partial charge in [0, 0.05) is 32.8 Å². The van der Waals surface area contributed by atoms with Crippen LogP contribution >= 0.6 is 46.6 Å². The Bertz CT molecular complexity index is 2290. The largest absolute Gasteiger partial charge is 0.465 e. The van der Waals surface area contributed by atoms with Crippen LogP contribution in [-0.2, 0) is 26.8 Å². The van der Waals surface area contributed by atoms with Crippen molar-refractivity contribution in [2.45, 2.75) is 11.9 Å². The number of aromatic nitrogens is 2. The maximum atomic E-state index is 13.4. The second kappa shape index (κ2) is 16.9. The zero-order valence-corrected chi connectivity index (χ0v) is 30.1. The molecular formula is C33H26Cl3F3N4O6S2. The van der Waals surface area contributed by atoms with Gasteiger partial charge in [0.05, 0.1) is 46.1 Å². The fourth-order valence-corrected chi connectivity index (χ4v) is 6.82.